The summed E-state index contributed by atoms with van der Waals surface area (Å²) in [7, 11) is 0. The molecule has 0 saturated carbocycles. The van der Waals surface area contributed by atoms with Crippen LogP contribution in [0.15, 0.2) is 97.1 Å². The van der Waals surface area contributed by atoms with E-state index in [0.717, 1.165) is 35.8 Å². The van der Waals surface area contributed by atoms with Crippen LogP contribution in [-0.2, 0) is 34.5 Å². The van der Waals surface area contributed by atoms with Gasteiger partial charge in [-0.3, -0.25) is 0 Å². The molecular formula is C53H70BrCl2NaO10. The summed E-state index contributed by atoms with van der Waals surface area (Å²) >= 11 is 14.4. The molecule has 0 aliphatic heterocycles. The standard InChI is InChI=1S/C26H33ClO5.C24H33ClO5.C3H3Br.Na.H/c1-4-15-29-21-30-18-17-28-19-20-32-25-12-8-23(9-13-25)26(2,3)22-6-10-24(11-7-22)31-16-5-14-27;1-24(2,20-4-8-22(9-5-20)29-14-3-12-25)21-6-10-23(11-7-21)30-19-18-28-17-16-27-15-13-26;1-2-3-4;;/h1,6-13H,5,14-21H2,2-3H3;4-11,26H,3,12-19H2,1-2H3;1H,3H2;;/q;;;+1;-1. The summed E-state index contributed by atoms with van der Waals surface area (Å²) in [6.45, 7) is 14.7. The molecule has 0 atom stereocenters. The molecule has 4 rings (SSSR count). The minimum atomic E-state index is -0.139. The molecule has 0 aromatic heterocycles. The first kappa shape index (κ1) is 62.0. The summed E-state index contributed by atoms with van der Waals surface area (Å²) < 4.78 is 49.1. The van der Waals surface area contributed by atoms with E-state index in [9.17, 15) is 0 Å². The number of benzene rings is 4. The van der Waals surface area contributed by atoms with Gasteiger partial charge in [0.05, 0.1) is 71.4 Å². The van der Waals surface area contributed by atoms with Gasteiger partial charge in [-0.2, -0.15) is 0 Å². The van der Waals surface area contributed by atoms with Gasteiger partial charge in [0.25, 0.3) is 0 Å². The van der Waals surface area contributed by atoms with Crippen molar-refractivity contribution in [3.63, 3.8) is 0 Å². The molecule has 14 heteroatoms. The molecule has 364 valence electrons. The van der Waals surface area contributed by atoms with Crippen LogP contribution in [0, 0.1) is 24.7 Å². The molecule has 0 radical (unpaired) electrons. The molecule has 0 aliphatic rings. The van der Waals surface area contributed by atoms with Crippen LogP contribution in [0.5, 0.6) is 23.0 Å². The van der Waals surface area contributed by atoms with E-state index in [-0.39, 0.29) is 61.8 Å². The van der Waals surface area contributed by atoms with E-state index in [2.05, 4.69) is 104 Å². The van der Waals surface area contributed by atoms with Crippen molar-refractivity contribution in [1.82, 2.24) is 0 Å². The summed E-state index contributed by atoms with van der Waals surface area (Å²) in [5.74, 6) is 9.30. The second-order valence-electron chi connectivity index (χ2n) is 15.3. The first-order valence-electron chi connectivity index (χ1n) is 22.0. The number of rotatable bonds is 31. The molecule has 0 fully saturated rings. The number of aliphatic hydroxyl groups is 1. The van der Waals surface area contributed by atoms with Gasteiger partial charge in [0.15, 0.2) is 0 Å². The summed E-state index contributed by atoms with van der Waals surface area (Å²) in [6, 6.07) is 32.9. The smallest absolute Gasteiger partial charge is 1.00 e. The maximum Gasteiger partial charge on any atom is 1.00 e. The van der Waals surface area contributed by atoms with Gasteiger partial charge < -0.3 is 49.2 Å². The van der Waals surface area contributed by atoms with Gasteiger partial charge in [-0.25, -0.2) is 0 Å². The summed E-state index contributed by atoms with van der Waals surface area (Å²) in [6.07, 6.45) is 11.5. The molecular weight excluding hydrogens is 970 g/mol. The van der Waals surface area contributed by atoms with Crippen molar-refractivity contribution < 1.29 is 78.7 Å². The zero-order chi connectivity index (χ0) is 48.1. The second kappa shape index (κ2) is 38.8. The van der Waals surface area contributed by atoms with Gasteiger partial charge >= 0.3 is 29.6 Å². The van der Waals surface area contributed by atoms with Crippen LogP contribution in [0.3, 0.4) is 0 Å². The first-order valence-corrected chi connectivity index (χ1v) is 24.2. The Morgan fingerprint density at radius 1 is 0.478 bits per heavy atom. The van der Waals surface area contributed by atoms with Gasteiger partial charge in [0.1, 0.15) is 49.6 Å². The van der Waals surface area contributed by atoms with Crippen molar-refractivity contribution in [1.29, 1.82) is 0 Å². The molecule has 0 unspecified atom stereocenters. The SMILES string of the molecule is C#CCBr.C#CCOCOCCOCCOc1ccc(C(C)(C)c2ccc(OCCCCl)cc2)cc1.CC(C)(c1ccc(OCCCCl)cc1)c1ccc(OCCOCCOCCO)cc1.[H-].[Na+]. The largest absolute Gasteiger partial charge is 1.00 e. The monoisotopic (exact) mass is 1040 g/mol. The van der Waals surface area contributed by atoms with Crippen molar-refractivity contribution in [3.05, 3.63) is 119 Å². The molecule has 10 nitrogen and oxygen atoms in total. The Kier molecular flexibility index (Phi) is 35.9. The maximum absolute atomic E-state index is 8.62. The number of hydrogen-bond acceptors (Lipinski definition) is 10. The average Bonchev–Trinajstić information content (AvgIpc) is 3.34. The fourth-order valence-corrected chi connectivity index (χ4v) is 6.17. The Morgan fingerprint density at radius 3 is 1.07 bits per heavy atom. The third-order valence-corrected chi connectivity index (χ3v) is 10.7. The van der Waals surface area contributed by atoms with Crippen LogP contribution in [-0.4, -0.2) is 115 Å². The molecule has 0 saturated heterocycles. The normalized spacial score (nSPS) is 10.8. The number of hydrogen-bond donors (Lipinski definition) is 1. The summed E-state index contributed by atoms with van der Waals surface area (Å²) in [5.41, 5.74) is 4.59. The van der Waals surface area contributed by atoms with Crippen LogP contribution in [0.2, 0.25) is 0 Å². The van der Waals surface area contributed by atoms with Crippen LogP contribution >= 0.6 is 39.1 Å². The molecule has 0 spiro atoms. The van der Waals surface area contributed by atoms with Gasteiger partial charge in [-0.1, -0.05) is 104 Å². The molecule has 4 aromatic carbocycles. The van der Waals surface area contributed by atoms with E-state index in [1.54, 1.807) is 0 Å². The van der Waals surface area contributed by atoms with Crippen molar-refractivity contribution in [2.75, 3.05) is 110 Å². The van der Waals surface area contributed by atoms with Gasteiger partial charge in [-0.15, -0.1) is 36.0 Å². The summed E-state index contributed by atoms with van der Waals surface area (Å²) in [4.78, 5) is 0. The molecule has 1 N–H and O–H groups in total. The van der Waals surface area contributed by atoms with Crippen LogP contribution < -0.4 is 48.5 Å². The zero-order valence-corrected chi connectivity index (χ0v) is 45.2. The topological polar surface area (TPSA) is 103 Å². The molecule has 0 heterocycles. The molecule has 0 aliphatic carbocycles. The fraction of sp³-hybridized carbons (Fsp3) is 0.472. The Balaban J connectivity index is 0.00000119. The van der Waals surface area contributed by atoms with Crippen LogP contribution in [0.4, 0.5) is 0 Å². The quantitative estimate of drug-likeness (QED) is 0.0179. The molecule has 0 amide bonds. The molecule has 4 aromatic rings. The third-order valence-electron chi connectivity index (χ3n) is 9.80. The summed E-state index contributed by atoms with van der Waals surface area (Å²) in [5, 5.41) is 9.28. The zero-order valence-electron chi connectivity index (χ0n) is 41.1. The van der Waals surface area contributed by atoms with Crippen molar-refractivity contribution in [3.8, 4) is 47.7 Å². The Hall–Kier alpha value is -2.98. The third kappa shape index (κ3) is 26.5. The van der Waals surface area contributed by atoms with E-state index in [1.165, 1.54) is 22.3 Å². The predicted octanol–water partition coefficient (Wildman–Crippen LogP) is 7.60. The van der Waals surface area contributed by atoms with Crippen LogP contribution in [0.25, 0.3) is 0 Å². The number of ether oxygens (including phenoxy) is 9. The average molecular weight is 1040 g/mol. The van der Waals surface area contributed by atoms with Crippen LogP contribution in [0.1, 0.15) is 64.2 Å². The number of aliphatic hydroxyl groups excluding tert-OH is 1. The number of alkyl halides is 3. The van der Waals surface area contributed by atoms with E-state index in [0.29, 0.717) is 89.8 Å². The number of halogens is 3. The van der Waals surface area contributed by atoms with E-state index < -0.39 is 0 Å². The second-order valence-corrected chi connectivity index (χ2v) is 16.6. The molecule has 67 heavy (non-hydrogen) atoms. The van der Waals surface area contributed by atoms with Crippen molar-refractivity contribution in [2.45, 2.75) is 51.4 Å². The minimum Gasteiger partial charge on any atom is -1.00 e. The fourth-order valence-electron chi connectivity index (χ4n) is 5.96. The first-order chi connectivity index (χ1) is 32.1. The van der Waals surface area contributed by atoms with Crippen molar-refractivity contribution in [2.24, 2.45) is 0 Å². The van der Waals surface area contributed by atoms with E-state index in [1.807, 2.05) is 48.5 Å². The molecule has 0 bridgehead atoms. The van der Waals surface area contributed by atoms with Gasteiger partial charge in [-0.05, 0) is 83.6 Å². The Morgan fingerprint density at radius 2 is 0.776 bits per heavy atom. The number of terminal acetylenes is 2. The minimum absolute atomic E-state index is 0. The predicted molar refractivity (Wildman–Crippen MR) is 272 cm³/mol. The van der Waals surface area contributed by atoms with Crippen molar-refractivity contribution >= 4 is 39.1 Å². The van der Waals surface area contributed by atoms with E-state index >= 15 is 0 Å². The Labute approximate surface area is 442 Å². The Bertz CT molecular complexity index is 1890. The van der Waals surface area contributed by atoms with Gasteiger partial charge in [0, 0.05) is 22.6 Å². The van der Waals surface area contributed by atoms with Gasteiger partial charge in [0.2, 0.25) is 0 Å². The maximum atomic E-state index is 8.62. The van der Waals surface area contributed by atoms with E-state index in [4.69, 9.17) is 83.8 Å².